The molecule has 204 valence electrons. The Hall–Kier alpha value is -3.69. The van der Waals surface area contributed by atoms with Crippen LogP contribution < -0.4 is 9.64 Å². The van der Waals surface area contributed by atoms with E-state index in [1.165, 1.54) is 0 Å². The predicted molar refractivity (Wildman–Crippen MR) is 113 cm³/mol. The van der Waals surface area contributed by atoms with Crippen molar-refractivity contribution in [3.63, 3.8) is 0 Å². The molecule has 2 aromatic heterocycles. The van der Waals surface area contributed by atoms with Gasteiger partial charge in [0.25, 0.3) is 0 Å². The predicted octanol–water partition coefficient (Wildman–Crippen LogP) is 3.26. The van der Waals surface area contributed by atoms with Gasteiger partial charge in [0.2, 0.25) is 5.88 Å². The maximum Gasteiger partial charge on any atom is 0.490 e. The largest absolute Gasteiger partial charge is 0.490 e. The number of ether oxygens (including phenoxy) is 2. The van der Waals surface area contributed by atoms with Crippen molar-refractivity contribution < 1.29 is 55.6 Å². The number of hydrogen-bond acceptors (Lipinski definition) is 8. The average molecular weight is 540 g/mol. The van der Waals surface area contributed by atoms with Gasteiger partial charge >= 0.3 is 24.3 Å². The third-order valence-electron chi connectivity index (χ3n) is 4.92. The van der Waals surface area contributed by atoms with Crippen molar-refractivity contribution in [3.8, 4) is 5.88 Å². The van der Waals surface area contributed by atoms with E-state index in [0.717, 1.165) is 44.0 Å². The fourth-order valence-corrected chi connectivity index (χ4v) is 3.26. The van der Waals surface area contributed by atoms with Crippen molar-refractivity contribution in [2.75, 3.05) is 24.6 Å². The van der Waals surface area contributed by atoms with Crippen molar-refractivity contribution in [1.82, 2.24) is 15.2 Å². The number of pyridine rings is 1. The first kappa shape index (κ1) is 29.5. The Morgan fingerprint density at radius 1 is 1.03 bits per heavy atom. The van der Waals surface area contributed by atoms with Gasteiger partial charge in [-0.1, -0.05) is 6.07 Å². The molecule has 2 aliphatic heterocycles. The van der Waals surface area contributed by atoms with E-state index in [0.29, 0.717) is 5.88 Å². The minimum absolute atomic E-state index is 0.121. The summed E-state index contributed by atoms with van der Waals surface area (Å²) in [6.45, 7) is 4.35. The first-order chi connectivity index (χ1) is 17.1. The van der Waals surface area contributed by atoms with E-state index in [9.17, 15) is 26.3 Å². The topological polar surface area (TPSA) is 135 Å². The number of aryl methyl sites for hydroxylation is 1. The molecule has 0 aromatic carbocycles. The molecule has 1 spiro atoms. The summed E-state index contributed by atoms with van der Waals surface area (Å²) in [5, 5.41) is 22.6. The number of carboxylic acids is 2. The summed E-state index contributed by atoms with van der Waals surface area (Å²) in [6, 6.07) is 9.74. The van der Waals surface area contributed by atoms with Crippen molar-refractivity contribution in [3.05, 3.63) is 42.2 Å². The molecule has 10 nitrogen and oxygen atoms in total. The Morgan fingerprint density at radius 3 is 2.08 bits per heavy atom. The molecule has 4 rings (SSSR count). The molecule has 0 amide bonds. The first-order valence-electron chi connectivity index (χ1n) is 10.5. The molecule has 2 aromatic rings. The molecule has 2 aliphatic rings. The molecule has 16 heteroatoms. The zero-order valence-corrected chi connectivity index (χ0v) is 19.2. The van der Waals surface area contributed by atoms with Crippen LogP contribution in [0.2, 0.25) is 0 Å². The molecule has 0 radical (unpaired) electrons. The molecule has 2 saturated heterocycles. The van der Waals surface area contributed by atoms with Crippen LogP contribution in [-0.4, -0.2) is 81.1 Å². The first-order valence-corrected chi connectivity index (χ1v) is 10.5. The van der Waals surface area contributed by atoms with Gasteiger partial charge < -0.3 is 24.6 Å². The van der Waals surface area contributed by atoms with Gasteiger partial charge in [0, 0.05) is 25.1 Å². The van der Waals surface area contributed by atoms with Gasteiger partial charge in [-0.15, -0.1) is 5.10 Å². The van der Waals surface area contributed by atoms with E-state index in [2.05, 4.69) is 20.1 Å². The third kappa shape index (κ3) is 9.36. The van der Waals surface area contributed by atoms with Crippen LogP contribution in [0.4, 0.5) is 32.2 Å². The fourth-order valence-electron chi connectivity index (χ4n) is 3.26. The van der Waals surface area contributed by atoms with Crippen molar-refractivity contribution >= 4 is 17.8 Å². The highest BCUT2D eigenvalue weighted by Crippen LogP contribution is 2.37. The van der Waals surface area contributed by atoms with Crippen LogP contribution >= 0.6 is 0 Å². The zero-order chi connectivity index (χ0) is 27.9. The molecule has 37 heavy (non-hydrogen) atoms. The lowest BCUT2D eigenvalue weighted by molar-refractivity contribution is -0.193. The van der Waals surface area contributed by atoms with Gasteiger partial charge in [-0.05, 0) is 25.1 Å². The lowest BCUT2D eigenvalue weighted by Gasteiger charge is -2.53. The van der Waals surface area contributed by atoms with Gasteiger partial charge in [0.05, 0.1) is 25.4 Å². The Labute approximate surface area is 205 Å². The molecule has 0 saturated carbocycles. The fraction of sp³-hybridized carbons (Fsp3) is 0.476. The van der Waals surface area contributed by atoms with Crippen molar-refractivity contribution in [2.45, 2.75) is 43.8 Å². The molecular weight excluding hydrogens is 518 g/mol. The summed E-state index contributed by atoms with van der Waals surface area (Å²) >= 11 is 0. The number of alkyl halides is 6. The molecule has 2 N–H and O–H groups in total. The Morgan fingerprint density at radius 2 is 1.62 bits per heavy atom. The second-order valence-electron chi connectivity index (χ2n) is 7.93. The number of halogens is 6. The van der Waals surface area contributed by atoms with E-state index < -0.39 is 24.3 Å². The lowest BCUT2D eigenvalue weighted by atomic mass is 9.84. The van der Waals surface area contributed by atoms with Gasteiger partial charge in [-0.25, -0.2) is 14.6 Å². The van der Waals surface area contributed by atoms with Crippen LogP contribution in [0, 0.1) is 6.92 Å². The second-order valence-corrected chi connectivity index (χ2v) is 7.93. The van der Waals surface area contributed by atoms with E-state index >= 15 is 0 Å². The third-order valence-corrected chi connectivity index (χ3v) is 4.92. The summed E-state index contributed by atoms with van der Waals surface area (Å²) in [4.78, 5) is 24.2. The highest BCUT2D eigenvalue weighted by molar-refractivity contribution is 5.73. The Kier molecular flexibility index (Phi) is 9.61. The minimum Gasteiger partial charge on any atom is -0.475 e. The van der Waals surface area contributed by atoms with Gasteiger partial charge in [0.15, 0.2) is 5.82 Å². The standard InChI is InChI=1S/C17H20N4O2.2C2HF3O2/c1-13-5-6-15(20-19-13)21-11-17(12-21)10-14(7-9-22-17)23-16-4-2-3-8-18-16;2*3-2(4,5)1(6)7/h2-6,8,14H,7,9-12H2,1H3;2*(H,6,7). The Balaban J connectivity index is 0.000000286. The van der Waals surface area contributed by atoms with Crippen LogP contribution in [0.1, 0.15) is 18.5 Å². The monoisotopic (exact) mass is 540 g/mol. The van der Waals surface area contributed by atoms with E-state index in [4.69, 9.17) is 29.3 Å². The quantitative estimate of drug-likeness (QED) is 0.559. The minimum atomic E-state index is -5.08. The maximum atomic E-state index is 10.6. The number of carbonyl (C=O) groups is 2. The van der Waals surface area contributed by atoms with Crippen LogP contribution in [-0.2, 0) is 14.3 Å². The molecule has 1 atom stereocenters. The van der Waals surface area contributed by atoms with E-state index in [1.807, 2.05) is 37.3 Å². The smallest absolute Gasteiger partial charge is 0.475 e. The molecule has 4 heterocycles. The van der Waals surface area contributed by atoms with Crippen molar-refractivity contribution in [1.29, 1.82) is 0 Å². The molecule has 2 fully saturated rings. The summed E-state index contributed by atoms with van der Waals surface area (Å²) in [5.41, 5.74) is 0.811. The van der Waals surface area contributed by atoms with E-state index in [-0.39, 0.29) is 11.7 Å². The normalized spacial score (nSPS) is 18.4. The molecule has 0 bridgehead atoms. The van der Waals surface area contributed by atoms with Gasteiger partial charge in [0.1, 0.15) is 11.7 Å². The number of nitrogens with zero attached hydrogens (tertiary/aromatic N) is 4. The van der Waals surface area contributed by atoms with E-state index in [1.54, 1.807) is 6.20 Å². The second kappa shape index (κ2) is 12.0. The van der Waals surface area contributed by atoms with Crippen LogP contribution in [0.3, 0.4) is 0 Å². The number of rotatable bonds is 3. The summed E-state index contributed by atoms with van der Waals surface area (Å²) in [6.07, 6.45) is -6.46. The van der Waals surface area contributed by atoms with Crippen molar-refractivity contribution in [2.24, 2.45) is 0 Å². The number of carboxylic acid groups (broad SMARTS) is 2. The summed E-state index contributed by atoms with van der Waals surface area (Å²) in [7, 11) is 0. The summed E-state index contributed by atoms with van der Waals surface area (Å²) < 4.78 is 75.5. The molecule has 1 unspecified atom stereocenters. The Bertz CT molecular complexity index is 1010. The highest BCUT2D eigenvalue weighted by Gasteiger charge is 2.49. The number of anilines is 1. The highest BCUT2D eigenvalue weighted by atomic mass is 19.4. The summed E-state index contributed by atoms with van der Waals surface area (Å²) in [5.74, 6) is -3.91. The number of hydrogen-bond donors (Lipinski definition) is 2. The molecular formula is C21H22F6N4O6. The SMILES string of the molecule is Cc1ccc(N2CC3(CC(Oc4ccccn4)CCO3)C2)nn1.O=C(O)C(F)(F)F.O=C(O)C(F)(F)F. The molecule has 0 aliphatic carbocycles. The zero-order valence-electron chi connectivity index (χ0n) is 19.2. The van der Waals surface area contributed by atoms with Gasteiger partial charge in [-0.3, -0.25) is 0 Å². The average Bonchev–Trinajstić information content (AvgIpc) is 2.78. The van der Waals surface area contributed by atoms with Gasteiger partial charge in [-0.2, -0.15) is 31.4 Å². The lowest BCUT2D eigenvalue weighted by Crippen LogP contribution is -2.66. The van der Waals surface area contributed by atoms with Crippen LogP contribution in [0.25, 0.3) is 0 Å². The number of aliphatic carboxylic acids is 2. The van der Waals surface area contributed by atoms with Crippen LogP contribution in [0.5, 0.6) is 5.88 Å². The van der Waals surface area contributed by atoms with Crippen LogP contribution in [0.15, 0.2) is 36.5 Å². The number of aromatic nitrogens is 3. The maximum absolute atomic E-state index is 10.6.